The first kappa shape index (κ1) is 14.8. The van der Waals surface area contributed by atoms with Gasteiger partial charge in [-0.05, 0) is 52.9 Å². The minimum Gasteiger partial charge on any atom is -0.454 e. The molecule has 3 aromatic rings. The van der Waals surface area contributed by atoms with E-state index in [1.54, 1.807) is 0 Å². The molecule has 0 spiro atoms. The summed E-state index contributed by atoms with van der Waals surface area (Å²) in [4.78, 5) is 4.68. The van der Waals surface area contributed by atoms with Crippen LogP contribution in [0.2, 0.25) is 0 Å². The molecule has 2 aliphatic heterocycles. The van der Waals surface area contributed by atoms with E-state index in [1.807, 2.05) is 35.0 Å². The van der Waals surface area contributed by atoms with Crippen LogP contribution >= 0.6 is 22.6 Å². The Kier molecular flexibility index (Phi) is 3.27. The van der Waals surface area contributed by atoms with Gasteiger partial charge in [0.2, 0.25) is 6.79 Å². The van der Waals surface area contributed by atoms with Gasteiger partial charge in [0.05, 0.1) is 11.4 Å². The molecule has 0 fully saturated rings. The summed E-state index contributed by atoms with van der Waals surface area (Å²) in [5.74, 6) is 2.41. The number of nitrogens with one attached hydrogen (secondary N) is 1. The highest BCUT2D eigenvalue weighted by molar-refractivity contribution is 14.1. The molecule has 124 valence electrons. The molecular weight excluding hydrogens is 429 g/mol. The lowest BCUT2D eigenvalue weighted by molar-refractivity contribution is 0.174. The van der Waals surface area contributed by atoms with Crippen LogP contribution in [-0.2, 0) is 0 Å². The van der Waals surface area contributed by atoms with Gasteiger partial charge in [0.25, 0.3) is 0 Å². The zero-order valence-corrected chi connectivity index (χ0v) is 15.6. The monoisotopic (exact) mass is 443 g/mol. The van der Waals surface area contributed by atoms with Gasteiger partial charge in [-0.2, -0.15) is 0 Å². The third kappa shape index (κ3) is 2.31. The van der Waals surface area contributed by atoms with Crippen molar-refractivity contribution in [2.45, 2.75) is 6.92 Å². The molecule has 5 nitrogen and oxygen atoms in total. The fourth-order valence-electron chi connectivity index (χ4n) is 3.16. The molecule has 0 aliphatic carbocycles. The highest BCUT2D eigenvalue weighted by Gasteiger charge is 2.19. The molecule has 2 aromatic carbocycles. The zero-order chi connectivity index (χ0) is 17.0. The third-order valence-corrected chi connectivity index (χ3v) is 5.48. The number of benzene rings is 2. The van der Waals surface area contributed by atoms with E-state index in [4.69, 9.17) is 9.47 Å². The van der Waals surface area contributed by atoms with E-state index in [0.29, 0.717) is 0 Å². The molecule has 3 heterocycles. The number of hydrogen-bond donors (Lipinski definition) is 1. The van der Waals surface area contributed by atoms with Gasteiger partial charge in [-0.1, -0.05) is 30.3 Å². The Morgan fingerprint density at radius 1 is 1.12 bits per heavy atom. The Labute approximate surface area is 157 Å². The Hall–Kier alpha value is -2.48. The summed E-state index contributed by atoms with van der Waals surface area (Å²) in [6, 6.07) is 14.3. The van der Waals surface area contributed by atoms with E-state index in [2.05, 4.69) is 58.1 Å². The topological polar surface area (TPSA) is 48.3 Å². The van der Waals surface area contributed by atoms with Crippen LogP contribution in [0.4, 0.5) is 0 Å². The largest absolute Gasteiger partial charge is 0.454 e. The quantitative estimate of drug-likeness (QED) is 0.586. The molecule has 5 rings (SSSR count). The summed E-state index contributed by atoms with van der Waals surface area (Å²) in [7, 11) is 0. The van der Waals surface area contributed by atoms with E-state index in [-0.39, 0.29) is 6.79 Å². The van der Waals surface area contributed by atoms with Crippen molar-refractivity contribution < 1.29 is 9.47 Å². The number of imidazole rings is 1. The van der Waals surface area contributed by atoms with Crippen LogP contribution in [0.5, 0.6) is 11.5 Å². The number of fused-ring (bicyclic) bond motifs is 3. The van der Waals surface area contributed by atoms with E-state index in [1.165, 1.54) is 0 Å². The van der Waals surface area contributed by atoms with Gasteiger partial charge in [-0.3, -0.25) is 5.43 Å². The smallest absolute Gasteiger partial charge is 0.231 e. The number of nitrogens with zero attached hydrogens (tertiary/aromatic N) is 2. The first-order valence-corrected chi connectivity index (χ1v) is 9.01. The van der Waals surface area contributed by atoms with Gasteiger partial charge >= 0.3 is 0 Å². The van der Waals surface area contributed by atoms with Crippen molar-refractivity contribution in [3.63, 3.8) is 0 Å². The number of hydrogen-bond acceptors (Lipinski definition) is 4. The van der Waals surface area contributed by atoms with Crippen molar-refractivity contribution in [1.29, 1.82) is 0 Å². The maximum Gasteiger partial charge on any atom is 0.231 e. The predicted molar refractivity (Wildman–Crippen MR) is 103 cm³/mol. The van der Waals surface area contributed by atoms with Gasteiger partial charge in [-0.15, -0.1) is 0 Å². The Balaban J connectivity index is 1.89. The van der Waals surface area contributed by atoms with Crippen molar-refractivity contribution in [3.8, 4) is 11.5 Å². The molecule has 0 saturated heterocycles. The maximum absolute atomic E-state index is 5.59. The molecule has 0 amide bonds. The molecule has 6 heteroatoms. The second-order valence-corrected chi connectivity index (χ2v) is 6.99. The average molecular weight is 443 g/mol. The van der Waals surface area contributed by atoms with Crippen LogP contribution in [-0.4, -0.2) is 16.5 Å². The first-order valence-electron chi connectivity index (χ1n) is 7.94. The summed E-state index contributed by atoms with van der Waals surface area (Å²) < 4.78 is 14.2. The van der Waals surface area contributed by atoms with E-state index >= 15 is 0 Å². The Bertz CT molecular complexity index is 1120. The first-order chi connectivity index (χ1) is 12.2. The van der Waals surface area contributed by atoms with Crippen molar-refractivity contribution in [3.05, 3.63) is 73.7 Å². The number of aromatic nitrogens is 2. The number of ether oxygens (including phenoxy) is 2. The third-order valence-electron chi connectivity index (χ3n) is 4.46. The van der Waals surface area contributed by atoms with Gasteiger partial charge in [0.1, 0.15) is 3.70 Å². The van der Waals surface area contributed by atoms with Crippen molar-refractivity contribution in [2.75, 3.05) is 12.2 Å². The number of halogens is 1. The Morgan fingerprint density at radius 3 is 2.68 bits per heavy atom. The fraction of sp³-hybridized carbons (Fsp3) is 0.105. The van der Waals surface area contributed by atoms with E-state index < -0.39 is 0 Å². The average Bonchev–Trinajstić information content (AvgIpc) is 3.14. The maximum atomic E-state index is 5.59. The van der Waals surface area contributed by atoms with Crippen molar-refractivity contribution >= 4 is 34.4 Å². The second-order valence-electron chi connectivity index (χ2n) is 5.97. The summed E-state index contributed by atoms with van der Waals surface area (Å²) >= 11 is 2.26. The highest BCUT2D eigenvalue weighted by Crippen LogP contribution is 2.29. The van der Waals surface area contributed by atoms with Crippen LogP contribution in [0, 0.1) is 10.6 Å². The van der Waals surface area contributed by atoms with Gasteiger partial charge in [0.15, 0.2) is 17.3 Å². The summed E-state index contributed by atoms with van der Waals surface area (Å²) in [6.07, 6.45) is 2.08. The van der Waals surface area contributed by atoms with E-state index in [0.717, 1.165) is 48.4 Å². The molecule has 0 atom stereocenters. The van der Waals surface area contributed by atoms with Crippen LogP contribution < -0.4 is 25.3 Å². The molecule has 2 aliphatic rings. The zero-order valence-electron chi connectivity index (χ0n) is 13.4. The fourth-order valence-corrected chi connectivity index (χ4v) is 3.65. The molecule has 0 radical (unpaired) electrons. The molecule has 0 unspecified atom stereocenters. The van der Waals surface area contributed by atoms with Crippen LogP contribution in [0.3, 0.4) is 0 Å². The standard InChI is InChI=1S/C19H14IN3O2/c1-11-19(20)21-17-8-13-7-15-16(25-10-24-15)9-14(13)18(22-23(11)17)12-5-3-2-4-6-12/h2-9,22H,10H2,1H3. The summed E-state index contributed by atoms with van der Waals surface area (Å²) in [5, 5.41) is 2.12. The number of rotatable bonds is 1. The lowest BCUT2D eigenvalue weighted by Gasteiger charge is -2.14. The van der Waals surface area contributed by atoms with Gasteiger partial charge < -0.3 is 9.47 Å². The van der Waals surface area contributed by atoms with Crippen molar-refractivity contribution in [2.24, 2.45) is 0 Å². The van der Waals surface area contributed by atoms with Crippen LogP contribution in [0.25, 0.3) is 11.8 Å². The normalized spacial score (nSPS) is 14.2. The Morgan fingerprint density at radius 2 is 1.88 bits per heavy atom. The second kappa shape index (κ2) is 5.52. The minimum absolute atomic E-state index is 0.262. The minimum atomic E-state index is 0.262. The molecule has 1 N–H and O–H groups in total. The molecule has 1 aromatic heterocycles. The molecule has 25 heavy (non-hydrogen) atoms. The van der Waals surface area contributed by atoms with Gasteiger partial charge in [-0.25, -0.2) is 9.66 Å². The molecule has 0 saturated carbocycles. The lowest BCUT2D eigenvalue weighted by Crippen LogP contribution is -2.30. The predicted octanol–water partition coefficient (Wildman–Crippen LogP) is 2.07. The van der Waals surface area contributed by atoms with Crippen LogP contribution in [0.15, 0.2) is 42.5 Å². The molecule has 0 bridgehead atoms. The lowest BCUT2D eigenvalue weighted by atomic mass is 10.1. The van der Waals surface area contributed by atoms with Crippen molar-refractivity contribution in [1.82, 2.24) is 9.66 Å². The summed E-state index contributed by atoms with van der Waals surface area (Å²) in [6.45, 7) is 2.32. The molecular formula is C19H14IN3O2. The van der Waals surface area contributed by atoms with E-state index in [9.17, 15) is 0 Å². The summed E-state index contributed by atoms with van der Waals surface area (Å²) in [5.41, 5.74) is 6.75. The SMILES string of the molecule is Cc1c(I)nc2n1NC(c1ccccc1)=c1cc3c(cc1=C2)OCO3. The highest BCUT2D eigenvalue weighted by atomic mass is 127. The van der Waals surface area contributed by atoms with Gasteiger partial charge in [0, 0.05) is 10.8 Å². The van der Waals surface area contributed by atoms with Crippen LogP contribution in [0.1, 0.15) is 17.1 Å².